The number of aromatic amines is 1. The van der Waals surface area contributed by atoms with E-state index in [2.05, 4.69) is 54.3 Å². The largest absolute Gasteiger partial charge is 0.354 e. The second kappa shape index (κ2) is 8.57. The first kappa shape index (κ1) is 19.3. The van der Waals surface area contributed by atoms with E-state index in [0.717, 1.165) is 49.4 Å². The summed E-state index contributed by atoms with van der Waals surface area (Å²) < 4.78 is 0. The van der Waals surface area contributed by atoms with Gasteiger partial charge in [-0.05, 0) is 17.7 Å². The van der Waals surface area contributed by atoms with E-state index in [9.17, 15) is 4.79 Å². The number of aromatic nitrogens is 3. The maximum Gasteiger partial charge on any atom is 0.273 e. The molecule has 1 saturated heterocycles. The van der Waals surface area contributed by atoms with Gasteiger partial charge >= 0.3 is 0 Å². The summed E-state index contributed by atoms with van der Waals surface area (Å²) in [5, 5.41) is 3.89. The summed E-state index contributed by atoms with van der Waals surface area (Å²) in [5.41, 5.74) is 2.78. The lowest BCUT2D eigenvalue weighted by atomic mass is 10.2. The average molecular weight is 412 g/mol. The number of nitrogens with one attached hydrogen (secondary N) is 2. The molecule has 0 atom stereocenters. The van der Waals surface area contributed by atoms with Gasteiger partial charge in [-0.2, -0.15) is 0 Å². The molecule has 31 heavy (non-hydrogen) atoms. The Morgan fingerprint density at radius 1 is 0.935 bits per heavy atom. The highest BCUT2D eigenvalue weighted by Crippen LogP contribution is 2.19. The normalized spacial score (nSPS) is 14.6. The third-order valence-corrected chi connectivity index (χ3v) is 5.61. The van der Waals surface area contributed by atoms with Gasteiger partial charge in [0, 0.05) is 49.7 Å². The van der Waals surface area contributed by atoms with Gasteiger partial charge in [0.05, 0.1) is 0 Å². The Bertz CT molecular complexity index is 1150. The summed E-state index contributed by atoms with van der Waals surface area (Å²) in [7, 11) is 0. The summed E-state index contributed by atoms with van der Waals surface area (Å²) in [5.74, 6) is 1.12. The van der Waals surface area contributed by atoms with Gasteiger partial charge in [0.1, 0.15) is 23.7 Å². The quantitative estimate of drug-likeness (QED) is 0.524. The van der Waals surface area contributed by atoms with Crippen LogP contribution in [0.15, 0.2) is 73.1 Å². The lowest BCUT2D eigenvalue weighted by Crippen LogP contribution is -2.46. The molecule has 4 aromatic rings. The van der Waals surface area contributed by atoms with Crippen LogP contribution >= 0.6 is 0 Å². The zero-order valence-electron chi connectivity index (χ0n) is 17.2. The van der Waals surface area contributed by atoms with E-state index in [-0.39, 0.29) is 5.91 Å². The van der Waals surface area contributed by atoms with Crippen LogP contribution < -0.4 is 10.2 Å². The molecular formula is C24H24N6O. The van der Waals surface area contributed by atoms with E-state index in [1.165, 1.54) is 11.9 Å². The molecule has 0 unspecified atom stereocenters. The number of para-hydroxylation sites is 1. The van der Waals surface area contributed by atoms with Gasteiger partial charge < -0.3 is 15.2 Å². The molecule has 5 rings (SSSR count). The number of piperazine rings is 1. The monoisotopic (exact) mass is 412 g/mol. The van der Waals surface area contributed by atoms with Gasteiger partial charge in [0.2, 0.25) is 0 Å². The molecule has 0 saturated carbocycles. The predicted molar refractivity (Wildman–Crippen MR) is 122 cm³/mol. The van der Waals surface area contributed by atoms with Crippen molar-refractivity contribution < 1.29 is 4.79 Å². The van der Waals surface area contributed by atoms with Crippen LogP contribution in [0.2, 0.25) is 0 Å². The van der Waals surface area contributed by atoms with Crippen LogP contribution in [0.1, 0.15) is 16.1 Å². The Kier molecular flexibility index (Phi) is 5.33. The molecule has 156 valence electrons. The number of hydrogen-bond donors (Lipinski definition) is 2. The van der Waals surface area contributed by atoms with Crippen LogP contribution in [0.25, 0.3) is 10.9 Å². The first-order valence-corrected chi connectivity index (χ1v) is 10.5. The molecule has 1 amide bonds. The number of H-pyrrole nitrogens is 1. The molecule has 7 heteroatoms. The van der Waals surface area contributed by atoms with E-state index in [1.54, 1.807) is 0 Å². The number of carbonyl (C=O) groups excluding carboxylic acids is 1. The standard InChI is InChI=1S/C24H24N6O/c31-24(21-14-19-8-4-5-9-20(19)27-21)28-22-15-23(26-17-25-22)30-12-10-29(11-13-30)16-18-6-2-1-3-7-18/h1-9,14-15,17,27H,10-13,16H2,(H,25,26,28,31). The van der Waals surface area contributed by atoms with Gasteiger partial charge in [-0.1, -0.05) is 48.5 Å². The van der Waals surface area contributed by atoms with E-state index >= 15 is 0 Å². The van der Waals surface area contributed by atoms with Crippen molar-refractivity contribution in [3.05, 3.63) is 84.3 Å². The number of benzene rings is 2. The number of nitrogens with zero attached hydrogens (tertiary/aromatic N) is 4. The highest BCUT2D eigenvalue weighted by atomic mass is 16.1. The maximum atomic E-state index is 12.7. The Hall–Kier alpha value is -3.71. The fourth-order valence-corrected chi connectivity index (χ4v) is 3.94. The van der Waals surface area contributed by atoms with Crippen LogP contribution in [0.3, 0.4) is 0 Å². The minimum absolute atomic E-state index is 0.214. The Morgan fingerprint density at radius 3 is 2.52 bits per heavy atom. The molecule has 0 spiro atoms. The molecule has 0 radical (unpaired) electrons. The van der Waals surface area contributed by atoms with Crippen molar-refractivity contribution in [2.75, 3.05) is 36.4 Å². The topological polar surface area (TPSA) is 77.2 Å². The molecule has 1 fully saturated rings. The molecule has 0 bridgehead atoms. The molecule has 7 nitrogen and oxygen atoms in total. The Morgan fingerprint density at radius 2 is 1.71 bits per heavy atom. The molecular weight excluding hydrogens is 388 g/mol. The number of rotatable bonds is 5. The predicted octanol–water partition coefficient (Wildman–Crippen LogP) is 3.53. The molecule has 2 aromatic carbocycles. The van der Waals surface area contributed by atoms with E-state index in [1.807, 2.05) is 42.5 Å². The minimum Gasteiger partial charge on any atom is -0.354 e. The summed E-state index contributed by atoms with van der Waals surface area (Å²) >= 11 is 0. The Balaban J connectivity index is 1.21. The molecule has 3 heterocycles. The number of carbonyl (C=O) groups is 1. The van der Waals surface area contributed by atoms with Crippen LogP contribution in [0.5, 0.6) is 0 Å². The molecule has 1 aliphatic rings. The van der Waals surface area contributed by atoms with Crippen molar-refractivity contribution in [1.82, 2.24) is 19.9 Å². The van der Waals surface area contributed by atoms with Crippen molar-refractivity contribution >= 4 is 28.4 Å². The third-order valence-electron chi connectivity index (χ3n) is 5.61. The number of amides is 1. The van der Waals surface area contributed by atoms with Crippen molar-refractivity contribution in [2.24, 2.45) is 0 Å². The second-order valence-electron chi connectivity index (χ2n) is 7.73. The summed E-state index contributed by atoms with van der Waals surface area (Å²) in [6.07, 6.45) is 1.51. The van der Waals surface area contributed by atoms with Crippen LogP contribution in [0, 0.1) is 0 Å². The van der Waals surface area contributed by atoms with Crippen LogP contribution in [-0.4, -0.2) is 51.9 Å². The van der Waals surface area contributed by atoms with Gasteiger partial charge in [-0.3, -0.25) is 9.69 Å². The summed E-state index contributed by atoms with van der Waals surface area (Å²) in [6, 6.07) is 22.0. The maximum absolute atomic E-state index is 12.7. The first-order valence-electron chi connectivity index (χ1n) is 10.5. The Labute approximate surface area is 180 Å². The highest BCUT2D eigenvalue weighted by molar-refractivity contribution is 6.05. The van der Waals surface area contributed by atoms with Crippen molar-refractivity contribution in [2.45, 2.75) is 6.54 Å². The van der Waals surface area contributed by atoms with E-state index < -0.39 is 0 Å². The SMILES string of the molecule is O=C(Nc1cc(N2CCN(Cc3ccccc3)CC2)ncn1)c1cc2ccccc2[nH]1. The zero-order valence-corrected chi connectivity index (χ0v) is 17.2. The van der Waals surface area contributed by atoms with Gasteiger partial charge in [0.25, 0.3) is 5.91 Å². The number of fused-ring (bicyclic) bond motifs is 1. The smallest absolute Gasteiger partial charge is 0.273 e. The van der Waals surface area contributed by atoms with Crippen molar-refractivity contribution in [3.8, 4) is 0 Å². The number of hydrogen-bond acceptors (Lipinski definition) is 5. The van der Waals surface area contributed by atoms with Gasteiger partial charge in [-0.25, -0.2) is 9.97 Å². The van der Waals surface area contributed by atoms with Crippen LogP contribution in [-0.2, 0) is 6.54 Å². The van der Waals surface area contributed by atoms with Crippen molar-refractivity contribution in [1.29, 1.82) is 0 Å². The molecule has 1 aliphatic heterocycles. The lowest BCUT2D eigenvalue weighted by molar-refractivity contribution is 0.102. The van der Waals surface area contributed by atoms with Gasteiger partial charge in [-0.15, -0.1) is 0 Å². The fourth-order valence-electron chi connectivity index (χ4n) is 3.94. The molecule has 0 aliphatic carbocycles. The number of anilines is 2. The second-order valence-corrected chi connectivity index (χ2v) is 7.73. The summed E-state index contributed by atoms with van der Waals surface area (Å²) in [6.45, 7) is 4.67. The average Bonchev–Trinajstić information content (AvgIpc) is 3.25. The lowest BCUT2D eigenvalue weighted by Gasteiger charge is -2.35. The van der Waals surface area contributed by atoms with Crippen molar-refractivity contribution in [3.63, 3.8) is 0 Å². The third kappa shape index (κ3) is 4.41. The van der Waals surface area contributed by atoms with Gasteiger partial charge in [0.15, 0.2) is 0 Å². The van der Waals surface area contributed by atoms with E-state index in [0.29, 0.717) is 11.5 Å². The zero-order chi connectivity index (χ0) is 21.0. The van der Waals surface area contributed by atoms with Crippen LogP contribution in [0.4, 0.5) is 11.6 Å². The fraction of sp³-hybridized carbons (Fsp3) is 0.208. The first-order chi connectivity index (χ1) is 15.2. The van der Waals surface area contributed by atoms with E-state index in [4.69, 9.17) is 0 Å². The highest BCUT2D eigenvalue weighted by Gasteiger charge is 2.19. The molecule has 2 N–H and O–H groups in total. The molecule has 2 aromatic heterocycles. The minimum atomic E-state index is -0.214. The summed E-state index contributed by atoms with van der Waals surface area (Å²) in [4.78, 5) is 29.2.